The third-order valence-corrected chi connectivity index (χ3v) is 3.45. The van der Waals surface area contributed by atoms with E-state index in [0.29, 0.717) is 0 Å². The summed E-state index contributed by atoms with van der Waals surface area (Å²) in [6, 6.07) is 8.19. The minimum absolute atomic E-state index is 0.891. The average Bonchev–Trinajstić information content (AvgIpc) is 2.56. The van der Waals surface area contributed by atoms with E-state index in [4.69, 9.17) is 0 Å². The van der Waals surface area contributed by atoms with E-state index in [9.17, 15) is 0 Å². The molecule has 0 atom stereocenters. The van der Waals surface area contributed by atoms with E-state index < -0.39 is 0 Å². The van der Waals surface area contributed by atoms with Gasteiger partial charge in [-0.25, -0.2) is 4.98 Å². The van der Waals surface area contributed by atoms with E-state index in [1.54, 1.807) is 6.20 Å². The van der Waals surface area contributed by atoms with Crippen molar-refractivity contribution in [2.75, 3.05) is 37.3 Å². The molecule has 3 N–H and O–H groups in total. The Morgan fingerprint density at radius 2 is 1.95 bits per heavy atom. The number of hydrogen-bond acceptors (Lipinski definition) is 5. The van der Waals surface area contributed by atoms with Crippen molar-refractivity contribution >= 4 is 11.5 Å². The maximum absolute atomic E-state index is 4.31. The van der Waals surface area contributed by atoms with E-state index in [1.807, 2.05) is 32.3 Å². The van der Waals surface area contributed by atoms with Crippen LogP contribution in [0.5, 0.6) is 0 Å². The van der Waals surface area contributed by atoms with Gasteiger partial charge in [-0.3, -0.25) is 4.98 Å². The lowest BCUT2D eigenvalue weighted by Crippen LogP contribution is -2.21. The summed E-state index contributed by atoms with van der Waals surface area (Å²) in [5.41, 5.74) is 3.40. The summed E-state index contributed by atoms with van der Waals surface area (Å²) in [5.74, 6) is 0.891. The lowest BCUT2D eigenvalue weighted by molar-refractivity contribution is 0.659. The Kier molecular flexibility index (Phi) is 6.64. The molecule has 0 aliphatic heterocycles. The van der Waals surface area contributed by atoms with Gasteiger partial charge in [-0.15, -0.1) is 0 Å². The quantitative estimate of drug-likeness (QED) is 0.621. The molecule has 0 aromatic carbocycles. The summed E-state index contributed by atoms with van der Waals surface area (Å²) in [6.07, 6.45) is 5.84. The van der Waals surface area contributed by atoms with Crippen LogP contribution in [0.25, 0.3) is 0 Å². The molecule has 118 valence electrons. The van der Waals surface area contributed by atoms with Crippen molar-refractivity contribution in [1.82, 2.24) is 15.3 Å². The molecule has 2 heterocycles. The SMILES string of the molecule is CNc1ncccc1NCCCNCCc1ccc(C)nc1. The molecule has 0 aliphatic carbocycles. The van der Waals surface area contributed by atoms with E-state index in [1.165, 1.54) is 5.56 Å². The Balaban J connectivity index is 1.57. The second kappa shape index (κ2) is 9.00. The number of rotatable bonds is 9. The molecule has 0 spiro atoms. The van der Waals surface area contributed by atoms with Crippen molar-refractivity contribution in [3.63, 3.8) is 0 Å². The highest BCUT2D eigenvalue weighted by Gasteiger charge is 1.99. The molecular formula is C17H25N5. The Bertz CT molecular complexity index is 553. The zero-order valence-electron chi connectivity index (χ0n) is 13.4. The minimum atomic E-state index is 0.891. The molecule has 0 saturated carbocycles. The minimum Gasteiger partial charge on any atom is -0.382 e. The Hall–Kier alpha value is -2.14. The molecule has 2 aromatic heterocycles. The number of hydrogen-bond donors (Lipinski definition) is 3. The van der Waals surface area contributed by atoms with Crippen LogP contribution >= 0.6 is 0 Å². The molecular weight excluding hydrogens is 274 g/mol. The van der Waals surface area contributed by atoms with Crippen molar-refractivity contribution in [3.05, 3.63) is 47.9 Å². The van der Waals surface area contributed by atoms with Crippen molar-refractivity contribution in [3.8, 4) is 0 Å². The molecule has 5 heteroatoms. The third-order valence-electron chi connectivity index (χ3n) is 3.45. The first-order valence-electron chi connectivity index (χ1n) is 7.78. The van der Waals surface area contributed by atoms with Crippen LogP contribution in [0.2, 0.25) is 0 Å². The number of aryl methyl sites for hydroxylation is 1. The van der Waals surface area contributed by atoms with Gasteiger partial charge in [0.15, 0.2) is 0 Å². The van der Waals surface area contributed by atoms with E-state index in [2.05, 4.69) is 38.1 Å². The summed E-state index contributed by atoms with van der Waals surface area (Å²) in [6.45, 7) is 4.93. The molecule has 0 bridgehead atoms. The highest BCUT2D eigenvalue weighted by atomic mass is 15.0. The monoisotopic (exact) mass is 299 g/mol. The van der Waals surface area contributed by atoms with Gasteiger partial charge in [-0.2, -0.15) is 0 Å². The van der Waals surface area contributed by atoms with Crippen molar-refractivity contribution < 1.29 is 0 Å². The van der Waals surface area contributed by atoms with Crippen LogP contribution in [-0.4, -0.2) is 36.6 Å². The van der Waals surface area contributed by atoms with Gasteiger partial charge >= 0.3 is 0 Å². The van der Waals surface area contributed by atoms with Crippen molar-refractivity contribution in [2.45, 2.75) is 19.8 Å². The van der Waals surface area contributed by atoms with Crippen molar-refractivity contribution in [2.24, 2.45) is 0 Å². The van der Waals surface area contributed by atoms with E-state index >= 15 is 0 Å². The highest BCUT2D eigenvalue weighted by molar-refractivity contribution is 5.63. The zero-order valence-corrected chi connectivity index (χ0v) is 13.4. The van der Waals surface area contributed by atoms with Gasteiger partial charge in [-0.1, -0.05) is 6.07 Å². The second-order valence-corrected chi connectivity index (χ2v) is 5.24. The van der Waals surface area contributed by atoms with Crippen LogP contribution in [0.1, 0.15) is 17.7 Å². The zero-order chi connectivity index (χ0) is 15.6. The van der Waals surface area contributed by atoms with Gasteiger partial charge in [0.1, 0.15) is 5.82 Å². The van der Waals surface area contributed by atoms with Crippen LogP contribution in [0.15, 0.2) is 36.7 Å². The lowest BCUT2D eigenvalue weighted by Gasteiger charge is -2.10. The first-order chi connectivity index (χ1) is 10.8. The summed E-state index contributed by atoms with van der Waals surface area (Å²) >= 11 is 0. The van der Waals surface area contributed by atoms with Gasteiger partial charge in [-0.05, 0) is 56.6 Å². The number of aromatic nitrogens is 2. The molecule has 2 rings (SSSR count). The average molecular weight is 299 g/mol. The van der Waals surface area contributed by atoms with Crippen LogP contribution in [0.4, 0.5) is 11.5 Å². The predicted octanol–water partition coefficient (Wildman–Crippen LogP) is 2.46. The maximum Gasteiger partial charge on any atom is 0.149 e. The summed E-state index contributed by atoms with van der Waals surface area (Å²) in [7, 11) is 1.88. The Labute approximate surface area is 132 Å². The van der Waals surface area contributed by atoms with Crippen LogP contribution in [0, 0.1) is 6.92 Å². The molecule has 22 heavy (non-hydrogen) atoms. The topological polar surface area (TPSA) is 61.9 Å². The summed E-state index contributed by atoms with van der Waals surface area (Å²) in [4.78, 5) is 8.58. The second-order valence-electron chi connectivity index (χ2n) is 5.24. The smallest absolute Gasteiger partial charge is 0.149 e. The van der Waals surface area contributed by atoms with Crippen molar-refractivity contribution in [1.29, 1.82) is 0 Å². The third kappa shape index (κ3) is 5.33. The number of nitrogens with one attached hydrogen (secondary N) is 3. The van der Waals surface area contributed by atoms with Gasteiger partial charge in [0.05, 0.1) is 5.69 Å². The summed E-state index contributed by atoms with van der Waals surface area (Å²) in [5, 5.41) is 9.95. The lowest BCUT2D eigenvalue weighted by atomic mass is 10.2. The fraction of sp³-hybridized carbons (Fsp3) is 0.412. The molecule has 0 radical (unpaired) electrons. The molecule has 0 aliphatic rings. The standard InChI is InChI=1S/C17H25N5/c1-14-6-7-15(13-22-14)8-12-19-9-4-11-20-16-5-3-10-21-17(16)18-2/h3,5-7,10,13,19-20H,4,8-9,11-12H2,1-2H3,(H,18,21). The molecule has 0 unspecified atom stereocenters. The Morgan fingerprint density at radius 3 is 2.73 bits per heavy atom. The van der Waals surface area contributed by atoms with Gasteiger partial charge in [0, 0.05) is 31.7 Å². The van der Waals surface area contributed by atoms with Gasteiger partial charge < -0.3 is 16.0 Å². The van der Waals surface area contributed by atoms with Crippen LogP contribution < -0.4 is 16.0 Å². The number of pyridine rings is 2. The molecule has 0 amide bonds. The normalized spacial score (nSPS) is 10.5. The summed E-state index contributed by atoms with van der Waals surface area (Å²) < 4.78 is 0. The van der Waals surface area contributed by atoms with E-state index in [-0.39, 0.29) is 0 Å². The Morgan fingerprint density at radius 1 is 1.05 bits per heavy atom. The first-order valence-corrected chi connectivity index (χ1v) is 7.78. The molecule has 0 saturated heterocycles. The molecule has 0 fully saturated rings. The number of nitrogens with zero attached hydrogens (tertiary/aromatic N) is 2. The molecule has 5 nitrogen and oxygen atoms in total. The number of anilines is 2. The predicted molar refractivity (Wildman–Crippen MR) is 92.4 cm³/mol. The largest absolute Gasteiger partial charge is 0.382 e. The van der Waals surface area contributed by atoms with Crippen LogP contribution in [0.3, 0.4) is 0 Å². The fourth-order valence-corrected chi connectivity index (χ4v) is 2.19. The fourth-order valence-electron chi connectivity index (χ4n) is 2.19. The molecule has 2 aromatic rings. The maximum atomic E-state index is 4.31. The first kappa shape index (κ1) is 16.2. The van der Waals surface area contributed by atoms with Crippen LogP contribution in [-0.2, 0) is 6.42 Å². The van der Waals surface area contributed by atoms with Gasteiger partial charge in [0.25, 0.3) is 0 Å². The van der Waals surface area contributed by atoms with E-state index in [0.717, 1.165) is 49.7 Å². The highest BCUT2D eigenvalue weighted by Crippen LogP contribution is 2.16. The van der Waals surface area contributed by atoms with Gasteiger partial charge in [0.2, 0.25) is 0 Å².